The van der Waals surface area contributed by atoms with Gasteiger partial charge in [0.15, 0.2) is 5.76 Å². The SMILES string of the molecule is CNc1ncc(-c2cc(F)c(C)cc2Cl)o1. The van der Waals surface area contributed by atoms with Gasteiger partial charge in [-0.3, -0.25) is 0 Å². The Kier molecular flexibility index (Phi) is 2.83. The molecular formula is C11H10ClFN2O. The topological polar surface area (TPSA) is 38.1 Å². The summed E-state index contributed by atoms with van der Waals surface area (Å²) >= 11 is 6.01. The molecule has 1 aromatic carbocycles. The molecule has 2 aromatic rings. The number of hydrogen-bond acceptors (Lipinski definition) is 3. The molecule has 0 saturated heterocycles. The van der Waals surface area contributed by atoms with Gasteiger partial charge in [0.05, 0.1) is 11.2 Å². The van der Waals surface area contributed by atoms with E-state index in [0.717, 1.165) is 0 Å². The molecule has 0 bridgehead atoms. The van der Waals surface area contributed by atoms with Gasteiger partial charge in [-0.25, -0.2) is 9.37 Å². The fraction of sp³-hybridized carbons (Fsp3) is 0.182. The summed E-state index contributed by atoms with van der Waals surface area (Å²) in [6, 6.07) is 3.28. The molecule has 0 aliphatic heterocycles. The van der Waals surface area contributed by atoms with E-state index in [-0.39, 0.29) is 5.82 Å². The number of rotatable bonds is 2. The van der Waals surface area contributed by atoms with Crippen LogP contribution in [0.4, 0.5) is 10.4 Å². The van der Waals surface area contributed by atoms with Crippen molar-refractivity contribution in [3.63, 3.8) is 0 Å². The highest BCUT2D eigenvalue weighted by atomic mass is 35.5. The molecule has 16 heavy (non-hydrogen) atoms. The van der Waals surface area contributed by atoms with E-state index in [0.29, 0.717) is 27.9 Å². The molecule has 2 rings (SSSR count). The number of halogens is 2. The van der Waals surface area contributed by atoms with Crippen molar-refractivity contribution in [3.05, 3.63) is 34.7 Å². The van der Waals surface area contributed by atoms with Gasteiger partial charge in [-0.1, -0.05) is 11.6 Å². The van der Waals surface area contributed by atoms with Crippen LogP contribution in [-0.4, -0.2) is 12.0 Å². The number of nitrogens with zero attached hydrogens (tertiary/aromatic N) is 1. The first-order valence-corrected chi connectivity index (χ1v) is 5.09. The number of aryl methyl sites for hydroxylation is 1. The monoisotopic (exact) mass is 240 g/mol. The van der Waals surface area contributed by atoms with Crippen molar-refractivity contribution in [3.8, 4) is 11.3 Å². The molecule has 0 fully saturated rings. The normalized spacial score (nSPS) is 10.5. The average Bonchev–Trinajstić information content (AvgIpc) is 2.71. The van der Waals surface area contributed by atoms with Gasteiger partial charge in [0, 0.05) is 12.6 Å². The summed E-state index contributed by atoms with van der Waals surface area (Å²) in [7, 11) is 1.69. The lowest BCUT2D eigenvalue weighted by molar-refractivity contribution is 0.586. The number of aromatic nitrogens is 1. The van der Waals surface area contributed by atoms with E-state index in [2.05, 4.69) is 10.3 Å². The first kappa shape index (κ1) is 11.0. The van der Waals surface area contributed by atoms with E-state index in [1.54, 1.807) is 20.0 Å². The Hall–Kier alpha value is -1.55. The lowest BCUT2D eigenvalue weighted by atomic mass is 10.1. The van der Waals surface area contributed by atoms with Crippen LogP contribution in [0, 0.1) is 12.7 Å². The summed E-state index contributed by atoms with van der Waals surface area (Å²) in [6.07, 6.45) is 1.50. The maximum absolute atomic E-state index is 13.4. The summed E-state index contributed by atoms with van der Waals surface area (Å²) in [5.41, 5.74) is 1.00. The van der Waals surface area contributed by atoms with Crippen LogP contribution in [0.1, 0.15) is 5.56 Å². The summed E-state index contributed by atoms with van der Waals surface area (Å²) in [6.45, 7) is 1.66. The molecule has 0 radical (unpaired) electrons. The lowest BCUT2D eigenvalue weighted by Crippen LogP contribution is -1.86. The summed E-state index contributed by atoms with van der Waals surface area (Å²) in [5, 5.41) is 3.19. The van der Waals surface area contributed by atoms with Gasteiger partial charge in [0.1, 0.15) is 5.82 Å². The molecular weight excluding hydrogens is 231 g/mol. The average molecular weight is 241 g/mol. The first-order chi connectivity index (χ1) is 7.61. The van der Waals surface area contributed by atoms with Crippen LogP contribution in [0.3, 0.4) is 0 Å². The highest BCUT2D eigenvalue weighted by molar-refractivity contribution is 6.33. The highest BCUT2D eigenvalue weighted by Crippen LogP contribution is 2.31. The fourth-order valence-corrected chi connectivity index (χ4v) is 1.66. The number of oxazole rings is 1. The Morgan fingerprint density at radius 3 is 2.81 bits per heavy atom. The van der Waals surface area contributed by atoms with Crippen molar-refractivity contribution in [1.82, 2.24) is 4.98 Å². The molecule has 5 heteroatoms. The summed E-state index contributed by atoms with van der Waals surface area (Å²) in [5.74, 6) is 0.120. The second kappa shape index (κ2) is 4.14. The molecule has 0 aliphatic carbocycles. The molecule has 0 atom stereocenters. The molecule has 84 valence electrons. The Morgan fingerprint density at radius 1 is 1.44 bits per heavy atom. The third kappa shape index (κ3) is 1.88. The van der Waals surface area contributed by atoms with Crippen molar-refractivity contribution < 1.29 is 8.81 Å². The van der Waals surface area contributed by atoms with Crippen molar-refractivity contribution in [2.45, 2.75) is 6.92 Å². The zero-order valence-corrected chi connectivity index (χ0v) is 9.60. The van der Waals surface area contributed by atoms with Gasteiger partial charge in [-0.05, 0) is 24.6 Å². The van der Waals surface area contributed by atoms with Crippen LogP contribution in [0.15, 0.2) is 22.7 Å². The predicted molar refractivity (Wildman–Crippen MR) is 61.2 cm³/mol. The Morgan fingerprint density at radius 2 is 2.19 bits per heavy atom. The van der Waals surface area contributed by atoms with Gasteiger partial charge >= 0.3 is 0 Å². The largest absolute Gasteiger partial charge is 0.424 e. The standard InChI is InChI=1S/C11H10ClFN2O/c1-6-3-8(12)7(4-9(6)13)10-5-15-11(14-2)16-10/h3-5H,1-2H3,(H,14,15). The van der Waals surface area contributed by atoms with E-state index in [4.69, 9.17) is 16.0 Å². The Bertz CT molecular complexity index is 525. The van der Waals surface area contributed by atoms with Gasteiger partial charge in [-0.2, -0.15) is 0 Å². The Labute approximate surface area is 97.3 Å². The highest BCUT2D eigenvalue weighted by Gasteiger charge is 2.12. The van der Waals surface area contributed by atoms with Crippen LogP contribution in [0.2, 0.25) is 5.02 Å². The number of nitrogens with one attached hydrogen (secondary N) is 1. The zero-order valence-electron chi connectivity index (χ0n) is 8.84. The van der Waals surface area contributed by atoms with Gasteiger partial charge in [0.2, 0.25) is 0 Å². The quantitative estimate of drug-likeness (QED) is 0.873. The zero-order chi connectivity index (χ0) is 11.7. The number of benzene rings is 1. The van der Waals surface area contributed by atoms with Crippen LogP contribution >= 0.6 is 11.6 Å². The van der Waals surface area contributed by atoms with Gasteiger partial charge in [-0.15, -0.1) is 0 Å². The van der Waals surface area contributed by atoms with Crippen molar-refractivity contribution in [2.24, 2.45) is 0 Å². The molecule has 1 aromatic heterocycles. The molecule has 0 saturated carbocycles. The van der Waals surface area contributed by atoms with Crippen molar-refractivity contribution >= 4 is 17.6 Å². The molecule has 0 amide bonds. The van der Waals surface area contributed by atoms with Crippen LogP contribution in [0.5, 0.6) is 0 Å². The van der Waals surface area contributed by atoms with Gasteiger partial charge in [0.25, 0.3) is 6.01 Å². The Balaban J connectivity index is 2.51. The van der Waals surface area contributed by atoms with Gasteiger partial charge < -0.3 is 9.73 Å². The molecule has 0 spiro atoms. The first-order valence-electron chi connectivity index (χ1n) is 4.71. The third-order valence-corrected chi connectivity index (χ3v) is 2.55. The van der Waals surface area contributed by atoms with E-state index >= 15 is 0 Å². The van der Waals surface area contributed by atoms with E-state index in [1.807, 2.05) is 0 Å². The second-order valence-corrected chi connectivity index (χ2v) is 3.77. The minimum Gasteiger partial charge on any atom is -0.424 e. The number of anilines is 1. The maximum atomic E-state index is 13.4. The molecule has 1 N–H and O–H groups in total. The minimum absolute atomic E-state index is 0.318. The minimum atomic E-state index is -0.318. The van der Waals surface area contributed by atoms with Crippen molar-refractivity contribution in [1.29, 1.82) is 0 Å². The van der Waals surface area contributed by atoms with E-state index in [9.17, 15) is 4.39 Å². The van der Waals surface area contributed by atoms with Crippen LogP contribution < -0.4 is 5.32 Å². The van der Waals surface area contributed by atoms with E-state index in [1.165, 1.54) is 12.3 Å². The predicted octanol–water partition coefficient (Wildman–Crippen LogP) is 3.48. The maximum Gasteiger partial charge on any atom is 0.294 e. The molecule has 1 heterocycles. The molecule has 0 aliphatic rings. The number of hydrogen-bond donors (Lipinski definition) is 1. The lowest BCUT2D eigenvalue weighted by Gasteiger charge is -2.03. The van der Waals surface area contributed by atoms with Crippen molar-refractivity contribution in [2.75, 3.05) is 12.4 Å². The summed E-state index contributed by atoms with van der Waals surface area (Å²) < 4.78 is 18.7. The fourth-order valence-electron chi connectivity index (χ4n) is 1.35. The third-order valence-electron chi connectivity index (χ3n) is 2.23. The van der Waals surface area contributed by atoms with Crippen LogP contribution in [-0.2, 0) is 0 Å². The van der Waals surface area contributed by atoms with E-state index < -0.39 is 0 Å². The summed E-state index contributed by atoms with van der Waals surface area (Å²) in [4.78, 5) is 3.95. The van der Waals surface area contributed by atoms with Crippen LogP contribution in [0.25, 0.3) is 11.3 Å². The molecule has 3 nitrogen and oxygen atoms in total. The smallest absolute Gasteiger partial charge is 0.294 e. The molecule has 0 unspecified atom stereocenters. The second-order valence-electron chi connectivity index (χ2n) is 3.36.